The van der Waals surface area contributed by atoms with Gasteiger partial charge in [0.05, 0.1) is 26.2 Å². The first kappa shape index (κ1) is 20.4. The molecule has 0 atom stereocenters. The van der Waals surface area contributed by atoms with Crippen LogP contribution in [-0.2, 0) is 19.2 Å². The van der Waals surface area contributed by atoms with Gasteiger partial charge in [-0.25, -0.2) is 0 Å². The van der Waals surface area contributed by atoms with E-state index in [1.807, 2.05) is 11.8 Å². The van der Waals surface area contributed by atoms with Crippen molar-refractivity contribution in [2.75, 3.05) is 58.9 Å². The summed E-state index contributed by atoms with van der Waals surface area (Å²) in [6.07, 6.45) is 2.26. The van der Waals surface area contributed by atoms with Gasteiger partial charge < -0.3 is 19.5 Å². The topological polar surface area (TPSA) is 98.2 Å². The summed E-state index contributed by atoms with van der Waals surface area (Å²) in [5, 5.41) is 8.79. The minimum atomic E-state index is -0.882. The molecule has 0 heterocycles. The molecule has 8 heteroatoms. The Morgan fingerprint density at radius 3 is 1.64 bits per heavy atom. The van der Waals surface area contributed by atoms with E-state index in [9.17, 15) is 19.2 Å². The van der Waals surface area contributed by atoms with Crippen LogP contribution in [0.25, 0.3) is 0 Å². The fourth-order valence-electron chi connectivity index (χ4n) is 1.97. The summed E-state index contributed by atoms with van der Waals surface area (Å²) in [5.74, 6) is -0.882. The van der Waals surface area contributed by atoms with Gasteiger partial charge in [-0.1, -0.05) is 6.92 Å². The molecule has 0 aromatic rings. The Morgan fingerprint density at radius 1 is 0.818 bits per heavy atom. The highest BCUT2D eigenvalue weighted by atomic mass is 16.4. The molecule has 22 heavy (non-hydrogen) atoms. The molecule has 0 saturated heterocycles. The van der Waals surface area contributed by atoms with E-state index in [1.165, 1.54) is 0 Å². The van der Waals surface area contributed by atoms with Gasteiger partial charge in [-0.2, -0.15) is 0 Å². The number of aliphatic carboxylic acids is 1. The highest BCUT2D eigenvalue weighted by molar-refractivity contribution is 5.69. The third-order valence-corrected chi connectivity index (χ3v) is 3.27. The van der Waals surface area contributed by atoms with Crippen LogP contribution in [0.4, 0.5) is 0 Å². The number of hydrogen-bond donors (Lipinski definition) is 1. The Labute approximate surface area is 130 Å². The maximum atomic E-state index is 10.7. The predicted octanol–water partition coefficient (Wildman–Crippen LogP) is -1.41. The molecule has 0 fully saturated rings. The molecule has 0 unspecified atom stereocenters. The molecule has 1 N–H and O–H groups in total. The summed E-state index contributed by atoms with van der Waals surface area (Å²) in [5.41, 5.74) is 0. The van der Waals surface area contributed by atoms with Crippen molar-refractivity contribution in [1.29, 1.82) is 0 Å². The monoisotopic (exact) mass is 315 g/mol. The number of carbonyl (C=O) groups excluding carboxylic acids is 3. The maximum absolute atomic E-state index is 10.7. The van der Waals surface area contributed by atoms with E-state index in [4.69, 9.17) is 5.11 Å². The van der Waals surface area contributed by atoms with Crippen LogP contribution < -0.4 is 0 Å². The van der Waals surface area contributed by atoms with Crippen molar-refractivity contribution in [3.05, 3.63) is 0 Å². The number of aldehydes is 3. The van der Waals surface area contributed by atoms with Crippen molar-refractivity contribution < 1.29 is 24.3 Å². The Bertz CT molecular complexity index is 341. The van der Waals surface area contributed by atoms with Crippen molar-refractivity contribution in [2.24, 2.45) is 0 Å². The Hall–Kier alpha value is -1.64. The molecule has 0 aliphatic carbocycles. The SMILES string of the molecule is CCN(CCN(CC=O)CCN(CC=O)CC=O)CC(=O)O. The van der Waals surface area contributed by atoms with E-state index in [0.717, 1.165) is 18.9 Å². The molecule has 0 aliphatic heterocycles. The molecule has 0 aromatic heterocycles. The Balaban J connectivity index is 4.33. The number of carboxylic acid groups (broad SMARTS) is 1. The lowest BCUT2D eigenvalue weighted by Gasteiger charge is -2.26. The predicted molar refractivity (Wildman–Crippen MR) is 80.8 cm³/mol. The standard InChI is InChI=1S/C14H25N3O5/c1-2-15(13-14(21)22)3-4-16(7-10-18)5-6-17(8-11-19)9-12-20/h10-12H,2-9,13H2,1H3,(H,21,22). The summed E-state index contributed by atoms with van der Waals surface area (Å²) in [7, 11) is 0. The number of nitrogens with zero attached hydrogens (tertiary/aromatic N) is 3. The van der Waals surface area contributed by atoms with Crippen LogP contribution in [0.3, 0.4) is 0 Å². The summed E-state index contributed by atoms with van der Waals surface area (Å²) in [4.78, 5) is 47.8. The van der Waals surface area contributed by atoms with Gasteiger partial charge in [0.25, 0.3) is 0 Å². The van der Waals surface area contributed by atoms with E-state index in [2.05, 4.69) is 0 Å². The average Bonchev–Trinajstić information content (AvgIpc) is 2.48. The van der Waals surface area contributed by atoms with Gasteiger partial charge in [-0.3, -0.25) is 19.5 Å². The minimum Gasteiger partial charge on any atom is -0.480 e. The number of rotatable bonds is 15. The van der Waals surface area contributed by atoms with Crippen LogP contribution in [0, 0.1) is 0 Å². The second kappa shape index (κ2) is 13.1. The lowest BCUT2D eigenvalue weighted by Crippen LogP contribution is -2.42. The number of carboxylic acids is 1. The normalized spacial score (nSPS) is 11.1. The van der Waals surface area contributed by atoms with Gasteiger partial charge >= 0.3 is 5.97 Å². The van der Waals surface area contributed by atoms with Gasteiger partial charge in [-0.05, 0) is 6.54 Å². The molecule has 0 amide bonds. The van der Waals surface area contributed by atoms with E-state index < -0.39 is 5.97 Å². The van der Waals surface area contributed by atoms with E-state index >= 15 is 0 Å². The summed E-state index contributed by atoms with van der Waals surface area (Å²) in [6.45, 7) is 5.16. The Kier molecular flexibility index (Phi) is 12.1. The zero-order chi connectivity index (χ0) is 16.8. The smallest absolute Gasteiger partial charge is 0.317 e. The molecule has 0 rings (SSSR count). The van der Waals surface area contributed by atoms with Crippen molar-refractivity contribution >= 4 is 24.8 Å². The lowest BCUT2D eigenvalue weighted by atomic mass is 10.3. The van der Waals surface area contributed by atoms with E-state index in [1.54, 1.807) is 9.80 Å². The van der Waals surface area contributed by atoms with Crippen LogP contribution in [0.2, 0.25) is 0 Å². The third-order valence-electron chi connectivity index (χ3n) is 3.27. The van der Waals surface area contributed by atoms with Crippen molar-refractivity contribution in [3.63, 3.8) is 0 Å². The van der Waals surface area contributed by atoms with Crippen LogP contribution in [-0.4, -0.2) is 104 Å². The van der Waals surface area contributed by atoms with Gasteiger partial charge in [0.2, 0.25) is 0 Å². The van der Waals surface area contributed by atoms with E-state index in [-0.39, 0.29) is 26.2 Å². The molecular formula is C14H25N3O5. The maximum Gasteiger partial charge on any atom is 0.317 e. The molecule has 126 valence electrons. The number of carbonyl (C=O) groups is 4. The fraction of sp³-hybridized carbons (Fsp3) is 0.714. The second-order valence-corrected chi connectivity index (χ2v) is 4.82. The summed E-state index contributed by atoms with van der Waals surface area (Å²) < 4.78 is 0. The summed E-state index contributed by atoms with van der Waals surface area (Å²) in [6, 6.07) is 0. The van der Waals surface area contributed by atoms with Crippen molar-refractivity contribution in [3.8, 4) is 0 Å². The molecule has 8 nitrogen and oxygen atoms in total. The van der Waals surface area contributed by atoms with Crippen molar-refractivity contribution in [1.82, 2.24) is 14.7 Å². The van der Waals surface area contributed by atoms with Crippen LogP contribution in [0.1, 0.15) is 6.92 Å². The van der Waals surface area contributed by atoms with Gasteiger partial charge in [0, 0.05) is 26.2 Å². The first-order chi connectivity index (χ1) is 10.6. The quantitative estimate of drug-likeness (QED) is 0.368. The average molecular weight is 315 g/mol. The zero-order valence-corrected chi connectivity index (χ0v) is 13.0. The molecule has 0 spiro atoms. The van der Waals surface area contributed by atoms with Crippen LogP contribution in [0.5, 0.6) is 0 Å². The molecule has 0 radical (unpaired) electrons. The molecular weight excluding hydrogens is 290 g/mol. The first-order valence-electron chi connectivity index (χ1n) is 7.27. The van der Waals surface area contributed by atoms with Crippen LogP contribution >= 0.6 is 0 Å². The summed E-state index contributed by atoms with van der Waals surface area (Å²) >= 11 is 0. The van der Waals surface area contributed by atoms with Crippen LogP contribution in [0.15, 0.2) is 0 Å². The highest BCUT2D eigenvalue weighted by Crippen LogP contribution is 1.94. The third kappa shape index (κ3) is 10.1. The Morgan fingerprint density at radius 2 is 1.23 bits per heavy atom. The fourth-order valence-corrected chi connectivity index (χ4v) is 1.97. The molecule has 0 bridgehead atoms. The lowest BCUT2D eigenvalue weighted by molar-refractivity contribution is -0.138. The minimum absolute atomic E-state index is 0.0339. The largest absolute Gasteiger partial charge is 0.480 e. The number of hydrogen-bond acceptors (Lipinski definition) is 7. The van der Waals surface area contributed by atoms with Crippen molar-refractivity contribution in [2.45, 2.75) is 6.92 Å². The van der Waals surface area contributed by atoms with E-state index in [0.29, 0.717) is 32.7 Å². The molecule has 0 saturated carbocycles. The van der Waals surface area contributed by atoms with Gasteiger partial charge in [0.15, 0.2) is 0 Å². The van der Waals surface area contributed by atoms with Gasteiger partial charge in [0.1, 0.15) is 18.9 Å². The highest BCUT2D eigenvalue weighted by Gasteiger charge is 2.12. The molecule has 0 aromatic carbocycles. The number of likely N-dealkylation sites (N-methyl/N-ethyl adjacent to an activating group) is 1. The second-order valence-electron chi connectivity index (χ2n) is 4.82. The van der Waals surface area contributed by atoms with Gasteiger partial charge in [-0.15, -0.1) is 0 Å². The zero-order valence-electron chi connectivity index (χ0n) is 13.0. The molecule has 0 aliphatic rings. The first-order valence-corrected chi connectivity index (χ1v) is 7.27.